The van der Waals surface area contributed by atoms with Gasteiger partial charge in [-0.05, 0) is 12.1 Å². The molecule has 0 spiro atoms. The molecule has 3 heterocycles. The van der Waals surface area contributed by atoms with Crippen molar-refractivity contribution in [3.05, 3.63) is 48.6 Å². The lowest BCUT2D eigenvalue weighted by Gasteiger charge is -2.02. The van der Waals surface area contributed by atoms with E-state index in [1.807, 2.05) is 0 Å². The molecule has 1 amide bonds. The van der Waals surface area contributed by atoms with E-state index in [1.165, 1.54) is 30.8 Å². The van der Waals surface area contributed by atoms with Gasteiger partial charge in [-0.25, -0.2) is 14.2 Å². The molecule has 0 saturated carbocycles. The van der Waals surface area contributed by atoms with Crippen LogP contribution in [0, 0.1) is 0 Å². The first-order chi connectivity index (χ1) is 12.7. The van der Waals surface area contributed by atoms with Crippen molar-refractivity contribution in [1.29, 1.82) is 0 Å². The maximum atomic E-state index is 12.5. The van der Waals surface area contributed by atoms with Crippen LogP contribution in [0.15, 0.2) is 50.7 Å². The summed E-state index contributed by atoms with van der Waals surface area (Å²) in [5, 5.41) is 3.18. The molecule has 9 nitrogen and oxygen atoms in total. The number of hydrogen-bond donors (Lipinski definition) is 0. The molecule has 0 aliphatic heterocycles. The third-order valence-electron chi connectivity index (χ3n) is 3.11. The lowest BCUT2D eigenvalue weighted by atomic mass is 10.3. The first kappa shape index (κ1) is 18.6. The van der Waals surface area contributed by atoms with Gasteiger partial charge in [-0.15, -0.1) is 0 Å². The van der Waals surface area contributed by atoms with E-state index in [0.29, 0.717) is 4.90 Å². The van der Waals surface area contributed by atoms with E-state index < -0.39 is 33.5 Å². The van der Waals surface area contributed by atoms with Crippen molar-refractivity contribution in [2.45, 2.75) is 11.1 Å². The van der Waals surface area contributed by atoms with Gasteiger partial charge in [0.1, 0.15) is 0 Å². The quantitative estimate of drug-likeness (QED) is 0.658. The van der Waals surface area contributed by atoms with Gasteiger partial charge in [0.2, 0.25) is 11.6 Å². The number of aromatic nitrogens is 5. The molecular formula is C14H9F3N6O3S. The molecule has 1 atom stereocenters. The third-order valence-corrected chi connectivity index (χ3v) is 4.78. The van der Waals surface area contributed by atoms with Crippen molar-refractivity contribution in [2.75, 3.05) is 6.26 Å². The Bertz CT molecular complexity index is 1090. The zero-order chi connectivity index (χ0) is 19.7. The number of carbonyl (C=O) groups is 1. The normalized spacial score (nSPS) is 13.8. The highest BCUT2D eigenvalue weighted by molar-refractivity contribution is 7.93. The maximum absolute atomic E-state index is 12.5. The minimum absolute atomic E-state index is 0.00262. The second kappa shape index (κ2) is 6.83. The van der Waals surface area contributed by atoms with Crippen molar-refractivity contribution < 1.29 is 26.7 Å². The van der Waals surface area contributed by atoms with Crippen LogP contribution in [-0.2, 0) is 15.9 Å². The second-order valence-corrected chi connectivity index (χ2v) is 7.36. The molecule has 3 aromatic rings. The van der Waals surface area contributed by atoms with Crippen molar-refractivity contribution in [3.63, 3.8) is 0 Å². The number of halogens is 3. The van der Waals surface area contributed by atoms with Gasteiger partial charge in [0.15, 0.2) is 0 Å². The average Bonchev–Trinajstić information content (AvgIpc) is 3.13. The summed E-state index contributed by atoms with van der Waals surface area (Å²) in [4.78, 5) is 26.8. The van der Waals surface area contributed by atoms with Crippen LogP contribution in [-0.4, -0.2) is 41.5 Å². The van der Waals surface area contributed by atoms with Crippen LogP contribution < -0.4 is 0 Å². The van der Waals surface area contributed by atoms with Crippen LogP contribution in [0.4, 0.5) is 13.2 Å². The highest BCUT2D eigenvalue weighted by Gasteiger charge is 2.38. The van der Waals surface area contributed by atoms with Crippen molar-refractivity contribution in [1.82, 2.24) is 25.1 Å². The highest BCUT2D eigenvalue weighted by Crippen LogP contribution is 2.29. The summed E-state index contributed by atoms with van der Waals surface area (Å²) in [6, 6.07) is 2.91. The summed E-state index contributed by atoms with van der Waals surface area (Å²) in [6.07, 6.45) is 1.37. The first-order valence-corrected chi connectivity index (χ1v) is 8.99. The van der Waals surface area contributed by atoms with E-state index in [0.717, 1.165) is 12.4 Å². The molecule has 27 heavy (non-hydrogen) atoms. The fraction of sp³-hybridized carbons (Fsp3) is 0.143. The van der Waals surface area contributed by atoms with Crippen molar-refractivity contribution in [2.24, 2.45) is 4.36 Å². The van der Waals surface area contributed by atoms with Crippen molar-refractivity contribution >= 4 is 15.6 Å². The zero-order valence-corrected chi connectivity index (χ0v) is 14.2. The van der Waals surface area contributed by atoms with E-state index >= 15 is 0 Å². The fourth-order valence-corrected chi connectivity index (χ4v) is 2.98. The number of nitrogens with zero attached hydrogens (tertiary/aromatic N) is 6. The van der Waals surface area contributed by atoms with Crippen LogP contribution in [0.1, 0.15) is 16.5 Å². The zero-order valence-electron chi connectivity index (χ0n) is 13.4. The summed E-state index contributed by atoms with van der Waals surface area (Å²) in [5.41, 5.74) is -0.00262. The Kier molecular flexibility index (Phi) is 4.70. The molecule has 0 aliphatic rings. The van der Waals surface area contributed by atoms with E-state index in [4.69, 9.17) is 0 Å². The minimum atomic E-state index is -4.78. The molecule has 140 valence electrons. The summed E-state index contributed by atoms with van der Waals surface area (Å²) >= 11 is 0. The van der Waals surface area contributed by atoms with Crippen LogP contribution >= 0.6 is 0 Å². The van der Waals surface area contributed by atoms with E-state index in [-0.39, 0.29) is 11.4 Å². The molecule has 0 aliphatic carbocycles. The third kappa shape index (κ3) is 4.13. The van der Waals surface area contributed by atoms with Crippen LogP contribution in [0.25, 0.3) is 11.4 Å². The van der Waals surface area contributed by atoms with E-state index in [9.17, 15) is 22.2 Å². The number of hydrogen-bond acceptors (Lipinski definition) is 8. The number of pyridine rings is 1. The van der Waals surface area contributed by atoms with Gasteiger partial charge >= 0.3 is 18.0 Å². The molecule has 0 N–H and O–H groups in total. The van der Waals surface area contributed by atoms with Crippen LogP contribution in [0.5, 0.6) is 0 Å². The molecule has 0 fully saturated rings. The van der Waals surface area contributed by atoms with Crippen molar-refractivity contribution in [3.8, 4) is 11.4 Å². The smallest absolute Gasteiger partial charge is 0.329 e. The molecule has 3 aromatic heterocycles. The molecule has 0 saturated heterocycles. The van der Waals surface area contributed by atoms with Gasteiger partial charge in [-0.3, -0.25) is 9.78 Å². The molecule has 1 unspecified atom stereocenters. The molecule has 13 heteroatoms. The van der Waals surface area contributed by atoms with Gasteiger partial charge in [0.25, 0.3) is 0 Å². The Morgan fingerprint density at radius 2 is 1.81 bits per heavy atom. The van der Waals surface area contributed by atoms with E-state index in [2.05, 4.69) is 34.0 Å². The largest absolute Gasteiger partial charge is 0.471 e. The summed E-state index contributed by atoms with van der Waals surface area (Å²) in [6.45, 7) is 0. The van der Waals surface area contributed by atoms with Gasteiger partial charge in [-0.2, -0.15) is 22.5 Å². The van der Waals surface area contributed by atoms with E-state index in [1.54, 1.807) is 0 Å². The predicted molar refractivity (Wildman–Crippen MR) is 83.7 cm³/mol. The molecule has 0 bridgehead atoms. The van der Waals surface area contributed by atoms with Crippen LogP contribution in [0.2, 0.25) is 0 Å². The summed E-state index contributed by atoms with van der Waals surface area (Å²) < 4.78 is 57.7. The Morgan fingerprint density at radius 3 is 2.37 bits per heavy atom. The standard InChI is InChI=1S/C14H9F3N6O3S/c1-27(25,9-2-4-18-5-3-9)23-12(24)11-19-6-8(7-20-11)10-21-13(26-22-10)14(15,16)17/h2-7H,1H3. The van der Waals surface area contributed by atoms with Gasteiger partial charge in [0.05, 0.1) is 20.2 Å². The van der Waals surface area contributed by atoms with Gasteiger partial charge < -0.3 is 4.52 Å². The second-order valence-electron chi connectivity index (χ2n) is 5.10. The number of rotatable bonds is 3. The Balaban J connectivity index is 1.85. The Labute approximate surface area is 149 Å². The molecular weight excluding hydrogens is 389 g/mol. The highest BCUT2D eigenvalue weighted by atomic mass is 32.2. The first-order valence-electron chi connectivity index (χ1n) is 7.07. The van der Waals surface area contributed by atoms with Gasteiger partial charge in [0, 0.05) is 31.0 Å². The average molecular weight is 398 g/mol. The predicted octanol–water partition coefficient (Wildman–Crippen LogP) is 2.24. The minimum Gasteiger partial charge on any atom is -0.329 e. The summed E-state index contributed by atoms with van der Waals surface area (Å²) in [7, 11) is -3.04. The number of carbonyl (C=O) groups excluding carboxylic acids is 1. The Morgan fingerprint density at radius 1 is 1.19 bits per heavy atom. The number of amides is 1. The lowest BCUT2D eigenvalue weighted by Crippen LogP contribution is -2.07. The van der Waals surface area contributed by atoms with Crippen LogP contribution in [0.3, 0.4) is 0 Å². The van der Waals surface area contributed by atoms with Gasteiger partial charge in [-0.1, -0.05) is 5.16 Å². The number of alkyl halides is 3. The Hall–Kier alpha value is -3.22. The fourth-order valence-electron chi connectivity index (χ4n) is 1.85. The monoisotopic (exact) mass is 398 g/mol. The summed E-state index contributed by atoms with van der Waals surface area (Å²) in [5.74, 6) is -3.25. The topological polar surface area (TPSA) is 124 Å². The molecule has 0 radical (unpaired) electrons. The maximum Gasteiger partial charge on any atom is 0.471 e. The molecule has 3 rings (SSSR count). The lowest BCUT2D eigenvalue weighted by molar-refractivity contribution is -0.159. The SMILES string of the molecule is CS(=O)(=NC(=O)c1ncc(-c2noc(C(F)(F)F)n2)cn1)c1ccncc1. The molecule has 0 aromatic carbocycles.